The van der Waals surface area contributed by atoms with Crippen LogP contribution in [0.15, 0.2) is 36.7 Å². The molecule has 2 N–H and O–H groups in total. The van der Waals surface area contributed by atoms with Crippen molar-refractivity contribution in [3.05, 3.63) is 52.9 Å². The predicted octanol–water partition coefficient (Wildman–Crippen LogP) is 3.91. The molecule has 0 saturated heterocycles. The number of pyridine rings is 2. The van der Waals surface area contributed by atoms with Crippen molar-refractivity contribution in [1.29, 1.82) is 0 Å². The monoisotopic (exact) mass is 481 g/mol. The van der Waals surface area contributed by atoms with Crippen LogP contribution in [-0.2, 0) is 11.8 Å². The number of ether oxygens (including phenoxy) is 1. The summed E-state index contributed by atoms with van der Waals surface area (Å²) in [4.78, 5) is 33.5. The van der Waals surface area contributed by atoms with Crippen LogP contribution in [0, 0.1) is 5.41 Å². The van der Waals surface area contributed by atoms with E-state index < -0.39 is 12.2 Å². The maximum absolute atomic E-state index is 12.6. The topological polar surface area (TPSA) is 124 Å². The van der Waals surface area contributed by atoms with Gasteiger partial charge >= 0.3 is 6.09 Å². The number of nitrogens with one attached hydrogen (secondary N) is 2. The molecule has 3 aromatic rings. The first-order valence-electron chi connectivity index (χ1n) is 10.9. The van der Waals surface area contributed by atoms with Gasteiger partial charge in [0.25, 0.3) is 5.91 Å². The SMILES string of the molecule is C[C@@H](OC(=O)Nc1c(-c2ccc(C(=O)NC34CC(C)(C3)C4)cn2)nnn1C)c1cccnc1Cl. The summed E-state index contributed by atoms with van der Waals surface area (Å²) in [5, 5.41) is 14.2. The number of anilines is 1. The van der Waals surface area contributed by atoms with Gasteiger partial charge in [-0.25, -0.2) is 14.5 Å². The molecule has 6 rings (SSSR count). The highest BCUT2D eigenvalue weighted by atomic mass is 35.5. The molecular weight excluding hydrogens is 458 g/mol. The fraction of sp³-hybridized carbons (Fsp3) is 0.391. The zero-order valence-electron chi connectivity index (χ0n) is 19.0. The average Bonchev–Trinajstić information content (AvgIpc) is 3.12. The summed E-state index contributed by atoms with van der Waals surface area (Å²) in [5.41, 5.74) is 2.25. The Morgan fingerprint density at radius 1 is 1.21 bits per heavy atom. The molecule has 0 radical (unpaired) electrons. The standard InChI is InChI=1S/C23H24ClN7O3/c1-13(15-5-4-8-25-18(15)24)34-21(33)27-19-17(29-30-31(19)3)16-7-6-14(9-26-16)20(32)28-23-10-22(2,11-23)12-23/h4-9,13H,10-12H2,1-3H3,(H,27,33)(H,28,32)/t13-,22?,23?/m1/s1. The van der Waals surface area contributed by atoms with Crippen LogP contribution in [0.4, 0.5) is 10.6 Å². The minimum Gasteiger partial charge on any atom is -0.441 e. The van der Waals surface area contributed by atoms with E-state index >= 15 is 0 Å². The summed E-state index contributed by atoms with van der Waals surface area (Å²) < 4.78 is 6.85. The number of halogens is 1. The van der Waals surface area contributed by atoms with E-state index in [1.165, 1.54) is 10.9 Å². The van der Waals surface area contributed by atoms with Gasteiger partial charge in [-0.1, -0.05) is 29.8 Å². The van der Waals surface area contributed by atoms with Crippen LogP contribution < -0.4 is 10.6 Å². The van der Waals surface area contributed by atoms with Crippen LogP contribution in [0.25, 0.3) is 11.4 Å². The second-order valence-corrected chi connectivity index (χ2v) is 9.83. The van der Waals surface area contributed by atoms with Crippen LogP contribution in [-0.4, -0.2) is 42.5 Å². The molecule has 34 heavy (non-hydrogen) atoms. The molecule has 0 spiro atoms. The van der Waals surface area contributed by atoms with E-state index in [1.807, 2.05) is 0 Å². The third kappa shape index (κ3) is 3.98. The number of rotatable bonds is 6. The molecule has 1 atom stereocenters. The van der Waals surface area contributed by atoms with Crippen molar-refractivity contribution >= 4 is 29.4 Å². The minimum absolute atomic E-state index is 0.0377. The Hall–Kier alpha value is -3.53. The Kier molecular flexibility index (Phi) is 5.27. The van der Waals surface area contributed by atoms with E-state index in [9.17, 15) is 9.59 Å². The first-order chi connectivity index (χ1) is 16.2. The number of hydrogen-bond acceptors (Lipinski definition) is 7. The Labute approximate surface area is 201 Å². The van der Waals surface area contributed by atoms with Gasteiger partial charge in [0.15, 0.2) is 11.5 Å². The maximum atomic E-state index is 12.6. The quantitative estimate of drug-likeness (QED) is 0.511. The second kappa shape index (κ2) is 8.05. The van der Waals surface area contributed by atoms with Gasteiger partial charge in [0.1, 0.15) is 11.3 Å². The normalized spacial score (nSPS) is 23.3. The van der Waals surface area contributed by atoms with E-state index in [0.29, 0.717) is 33.7 Å². The smallest absolute Gasteiger partial charge is 0.413 e. The van der Waals surface area contributed by atoms with Crippen LogP contribution >= 0.6 is 11.6 Å². The van der Waals surface area contributed by atoms with E-state index in [0.717, 1.165) is 19.3 Å². The molecule has 11 heteroatoms. The first-order valence-corrected chi connectivity index (χ1v) is 11.3. The number of nitrogens with zero attached hydrogens (tertiary/aromatic N) is 5. The molecule has 3 aromatic heterocycles. The highest BCUT2D eigenvalue weighted by Gasteiger charge is 2.65. The van der Waals surface area contributed by atoms with Crippen molar-refractivity contribution in [2.24, 2.45) is 12.5 Å². The fourth-order valence-corrected chi connectivity index (χ4v) is 5.40. The van der Waals surface area contributed by atoms with Crippen LogP contribution in [0.2, 0.25) is 5.15 Å². The maximum Gasteiger partial charge on any atom is 0.413 e. The molecule has 3 aliphatic rings. The summed E-state index contributed by atoms with van der Waals surface area (Å²) in [6, 6.07) is 6.82. The average molecular weight is 482 g/mol. The lowest BCUT2D eigenvalue weighted by molar-refractivity contribution is -0.132. The molecule has 3 aliphatic carbocycles. The van der Waals surface area contributed by atoms with E-state index in [1.54, 1.807) is 44.4 Å². The summed E-state index contributed by atoms with van der Waals surface area (Å²) in [6.45, 7) is 3.94. The molecule has 0 aliphatic heterocycles. The lowest BCUT2D eigenvalue weighted by Gasteiger charge is -2.69. The number of aryl methyl sites for hydroxylation is 1. The van der Waals surface area contributed by atoms with Gasteiger partial charge in [-0.05, 0) is 49.8 Å². The third-order valence-corrected chi connectivity index (χ3v) is 6.82. The largest absolute Gasteiger partial charge is 0.441 e. The molecule has 0 aromatic carbocycles. The summed E-state index contributed by atoms with van der Waals surface area (Å²) in [5.74, 6) is 0.172. The van der Waals surface area contributed by atoms with Crippen molar-refractivity contribution in [1.82, 2.24) is 30.3 Å². The van der Waals surface area contributed by atoms with E-state index in [-0.39, 0.29) is 16.6 Å². The molecule has 176 valence electrons. The van der Waals surface area contributed by atoms with Crippen LogP contribution in [0.5, 0.6) is 0 Å². The van der Waals surface area contributed by atoms with E-state index in [2.05, 4.69) is 37.8 Å². The van der Waals surface area contributed by atoms with Crippen molar-refractivity contribution < 1.29 is 14.3 Å². The molecule has 0 unspecified atom stereocenters. The first kappa shape index (κ1) is 22.3. The van der Waals surface area contributed by atoms with Gasteiger partial charge < -0.3 is 10.1 Å². The zero-order chi connectivity index (χ0) is 24.1. The predicted molar refractivity (Wildman–Crippen MR) is 124 cm³/mol. The second-order valence-electron chi connectivity index (χ2n) is 9.47. The summed E-state index contributed by atoms with van der Waals surface area (Å²) in [6.07, 6.45) is 4.84. The van der Waals surface area contributed by atoms with Gasteiger partial charge in [0.05, 0.1) is 11.3 Å². The lowest BCUT2D eigenvalue weighted by Crippen LogP contribution is -2.73. The van der Waals surface area contributed by atoms with Gasteiger partial charge in [-0.3, -0.25) is 15.1 Å². The van der Waals surface area contributed by atoms with Crippen molar-refractivity contribution in [3.63, 3.8) is 0 Å². The molecule has 3 saturated carbocycles. The van der Waals surface area contributed by atoms with Gasteiger partial charge in [0, 0.05) is 30.5 Å². The molecule has 3 fully saturated rings. The summed E-state index contributed by atoms with van der Waals surface area (Å²) in [7, 11) is 1.64. The molecule has 2 bridgehead atoms. The van der Waals surface area contributed by atoms with Crippen molar-refractivity contribution in [2.75, 3.05) is 5.32 Å². The number of aromatic nitrogens is 5. The van der Waals surface area contributed by atoms with Gasteiger partial charge in [-0.15, -0.1) is 5.10 Å². The summed E-state index contributed by atoms with van der Waals surface area (Å²) >= 11 is 6.08. The Morgan fingerprint density at radius 3 is 2.62 bits per heavy atom. The minimum atomic E-state index is -0.706. The number of hydrogen-bond donors (Lipinski definition) is 2. The molecular formula is C23H24ClN7O3. The lowest BCUT2D eigenvalue weighted by atomic mass is 9.40. The van der Waals surface area contributed by atoms with Gasteiger partial charge in [0.2, 0.25) is 0 Å². The molecule has 2 amide bonds. The van der Waals surface area contributed by atoms with Gasteiger partial charge in [-0.2, -0.15) is 0 Å². The Bertz CT molecular complexity index is 1250. The van der Waals surface area contributed by atoms with Crippen molar-refractivity contribution in [2.45, 2.75) is 44.8 Å². The van der Waals surface area contributed by atoms with E-state index in [4.69, 9.17) is 16.3 Å². The van der Waals surface area contributed by atoms with Crippen molar-refractivity contribution in [3.8, 4) is 11.4 Å². The van der Waals surface area contributed by atoms with Crippen LogP contribution in [0.3, 0.4) is 0 Å². The molecule has 10 nitrogen and oxygen atoms in total. The van der Waals surface area contributed by atoms with Crippen LogP contribution in [0.1, 0.15) is 55.1 Å². The molecule has 3 heterocycles. The Balaban J connectivity index is 1.26. The third-order valence-electron chi connectivity index (χ3n) is 6.50. The highest BCUT2D eigenvalue weighted by Crippen LogP contribution is 2.66. The Morgan fingerprint density at radius 2 is 1.97 bits per heavy atom. The highest BCUT2D eigenvalue weighted by molar-refractivity contribution is 6.30. The zero-order valence-corrected chi connectivity index (χ0v) is 19.8. The fourth-order valence-electron chi connectivity index (χ4n) is 5.13. The number of carbonyl (C=O) groups excluding carboxylic acids is 2. The number of carbonyl (C=O) groups is 2. The number of amides is 2.